The average Bonchev–Trinajstić information content (AvgIpc) is 2.76. The molecule has 2 aromatic rings. The van der Waals surface area contributed by atoms with Crippen molar-refractivity contribution < 1.29 is 35.9 Å². The molecule has 0 radical (unpaired) electrons. The standard InChI is InChI=1S/C23H27F3N2O5S/c1-16(17-4-10-20(11-5-17)32-21(25)26)28-15-13-23(33-22(28)29,12-3-14-27-34(2,30)31)18-6-8-19(24)9-7-18/h4-11,16,21,27H,3,12-15H2,1-2H3/t16-,23-/m0/s1. The molecule has 0 unspecified atom stereocenters. The van der Waals surface area contributed by atoms with Gasteiger partial charge < -0.3 is 14.4 Å². The van der Waals surface area contributed by atoms with E-state index >= 15 is 0 Å². The summed E-state index contributed by atoms with van der Waals surface area (Å²) in [6.07, 6.45) is 1.63. The lowest BCUT2D eigenvalue weighted by Crippen LogP contribution is -2.49. The second-order valence-corrected chi connectivity index (χ2v) is 10.0. The van der Waals surface area contributed by atoms with Gasteiger partial charge in [-0.15, -0.1) is 0 Å². The number of alkyl halides is 2. The van der Waals surface area contributed by atoms with E-state index in [2.05, 4.69) is 9.46 Å². The minimum atomic E-state index is -3.35. The molecule has 7 nitrogen and oxygen atoms in total. The van der Waals surface area contributed by atoms with Crippen LogP contribution in [0.3, 0.4) is 0 Å². The van der Waals surface area contributed by atoms with E-state index in [1.807, 2.05) is 0 Å². The van der Waals surface area contributed by atoms with Gasteiger partial charge in [-0.25, -0.2) is 22.3 Å². The molecule has 11 heteroatoms. The fraction of sp³-hybridized carbons (Fsp3) is 0.435. The number of benzene rings is 2. The van der Waals surface area contributed by atoms with Crippen molar-refractivity contribution in [3.63, 3.8) is 0 Å². The van der Waals surface area contributed by atoms with Crippen LogP contribution in [0.15, 0.2) is 48.5 Å². The first-order valence-corrected chi connectivity index (χ1v) is 12.6. The van der Waals surface area contributed by atoms with Crippen molar-refractivity contribution in [2.75, 3.05) is 19.3 Å². The van der Waals surface area contributed by atoms with E-state index in [0.717, 1.165) is 6.26 Å². The summed E-state index contributed by atoms with van der Waals surface area (Å²) >= 11 is 0. The van der Waals surface area contributed by atoms with Crippen LogP contribution in [0.25, 0.3) is 0 Å². The van der Waals surface area contributed by atoms with Crippen LogP contribution in [-0.4, -0.2) is 45.4 Å². The second kappa shape index (κ2) is 10.6. The molecule has 1 amide bonds. The molecule has 2 atom stereocenters. The second-order valence-electron chi connectivity index (χ2n) is 8.21. The molecule has 0 spiro atoms. The third kappa shape index (κ3) is 6.63. The van der Waals surface area contributed by atoms with Crippen LogP contribution in [0.2, 0.25) is 0 Å². The number of amides is 1. The zero-order chi connectivity index (χ0) is 24.9. The lowest BCUT2D eigenvalue weighted by Gasteiger charge is -2.43. The molecular weight excluding hydrogens is 473 g/mol. The Kier molecular flexibility index (Phi) is 8.09. The van der Waals surface area contributed by atoms with Crippen LogP contribution in [0.4, 0.5) is 18.0 Å². The summed E-state index contributed by atoms with van der Waals surface area (Å²) in [5, 5.41) is 0. The minimum Gasteiger partial charge on any atom is -0.438 e. The number of carbonyl (C=O) groups excluding carboxylic acids is 1. The molecule has 0 bridgehead atoms. The maximum Gasteiger partial charge on any atom is 0.411 e. The van der Waals surface area contributed by atoms with Gasteiger partial charge in [-0.2, -0.15) is 8.78 Å². The summed E-state index contributed by atoms with van der Waals surface area (Å²) in [5.74, 6) is -0.403. The predicted molar refractivity (Wildman–Crippen MR) is 119 cm³/mol. The summed E-state index contributed by atoms with van der Waals surface area (Å²) in [4.78, 5) is 14.6. The Labute approximate surface area is 196 Å². The van der Waals surface area contributed by atoms with Gasteiger partial charge in [0, 0.05) is 19.5 Å². The summed E-state index contributed by atoms with van der Waals surface area (Å²) in [6.45, 7) is -0.628. The predicted octanol–water partition coefficient (Wildman–Crippen LogP) is 4.56. The molecule has 0 aromatic heterocycles. The largest absolute Gasteiger partial charge is 0.438 e. The maximum absolute atomic E-state index is 13.5. The number of ether oxygens (including phenoxy) is 2. The van der Waals surface area contributed by atoms with Crippen LogP contribution in [0, 0.1) is 5.82 Å². The van der Waals surface area contributed by atoms with Crippen LogP contribution in [-0.2, 0) is 20.4 Å². The van der Waals surface area contributed by atoms with E-state index in [9.17, 15) is 26.4 Å². The van der Waals surface area contributed by atoms with Gasteiger partial charge >= 0.3 is 12.7 Å². The molecule has 1 saturated heterocycles. The zero-order valence-electron chi connectivity index (χ0n) is 18.8. The number of cyclic esters (lactones) is 1. The van der Waals surface area contributed by atoms with Crippen LogP contribution in [0.5, 0.6) is 5.75 Å². The van der Waals surface area contributed by atoms with Crippen LogP contribution < -0.4 is 9.46 Å². The van der Waals surface area contributed by atoms with Gasteiger partial charge in [0.15, 0.2) is 0 Å². The van der Waals surface area contributed by atoms with E-state index < -0.39 is 40.2 Å². The molecule has 1 N–H and O–H groups in total. The highest BCUT2D eigenvalue weighted by atomic mass is 32.2. The van der Waals surface area contributed by atoms with Crippen molar-refractivity contribution in [1.29, 1.82) is 0 Å². The topological polar surface area (TPSA) is 84.9 Å². The van der Waals surface area contributed by atoms with Crippen molar-refractivity contribution in [1.82, 2.24) is 9.62 Å². The summed E-state index contributed by atoms with van der Waals surface area (Å²) in [6, 6.07) is 11.3. The van der Waals surface area contributed by atoms with Gasteiger partial charge in [0.25, 0.3) is 0 Å². The highest BCUT2D eigenvalue weighted by Crippen LogP contribution is 2.40. The van der Waals surface area contributed by atoms with Gasteiger partial charge in [-0.3, -0.25) is 0 Å². The average molecular weight is 501 g/mol. The Morgan fingerprint density at radius 1 is 1.15 bits per heavy atom. The molecule has 3 rings (SSSR count). The number of nitrogens with one attached hydrogen (secondary N) is 1. The van der Waals surface area contributed by atoms with Crippen molar-refractivity contribution in [3.05, 3.63) is 65.5 Å². The Morgan fingerprint density at radius 3 is 2.35 bits per heavy atom. The number of nitrogens with zero attached hydrogens (tertiary/aromatic N) is 1. The van der Waals surface area contributed by atoms with E-state index in [1.54, 1.807) is 31.2 Å². The summed E-state index contributed by atoms with van der Waals surface area (Å²) in [7, 11) is -3.35. The van der Waals surface area contributed by atoms with Gasteiger partial charge in [0.1, 0.15) is 17.2 Å². The molecular formula is C23H27F3N2O5S. The first-order valence-electron chi connectivity index (χ1n) is 10.7. The number of carbonyl (C=O) groups is 1. The third-order valence-electron chi connectivity index (χ3n) is 5.82. The van der Waals surface area contributed by atoms with Gasteiger partial charge in [0.05, 0.1) is 12.3 Å². The lowest BCUT2D eigenvalue weighted by molar-refractivity contribution is -0.0662. The lowest BCUT2D eigenvalue weighted by atomic mass is 9.84. The molecule has 34 heavy (non-hydrogen) atoms. The molecule has 1 aliphatic heterocycles. The highest BCUT2D eigenvalue weighted by molar-refractivity contribution is 7.88. The van der Waals surface area contributed by atoms with Gasteiger partial charge in [0.2, 0.25) is 10.0 Å². The number of hydrogen-bond donors (Lipinski definition) is 1. The normalized spacial score (nSPS) is 19.7. The molecule has 0 aliphatic carbocycles. The van der Waals surface area contributed by atoms with E-state index in [1.165, 1.54) is 29.2 Å². The Morgan fingerprint density at radius 2 is 1.79 bits per heavy atom. The summed E-state index contributed by atoms with van der Waals surface area (Å²) < 4.78 is 73.7. The molecule has 2 aromatic carbocycles. The molecule has 0 saturated carbocycles. The number of sulfonamides is 1. The number of hydrogen-bond acceptors (Lipinski definition) is 5. The third-order valence-corrected chi connectivity index (χ3v) is 6.55. The first-order chi connectivity index (χ1) is 16.0. The van der Waals surface area contributed by atoms with E-state index in [-0.39, 0.29) is 12.3 Å². The van der Waals surface area contributed by atoms with Gasteiger partial charge in [-0.1, -0.05) is 24.3 Å². The van der Waals surface area contributed by atoms with Crippen LogP contribution in [0.1, 0.15) is 43.4 Å². The molecule has 1 heterocycles. The Balaban J connectivity index is 1.75. The van der Waals surface area contributed by atoms with Crippen LogP contribution >= 0.6 is 0 Å². The number of halogens is 3. The quantitative estimate of drug-likeness (QED) is 0.484. The van der Waals surface area contributed by atoms with E-state index in [4.69, 9.17) is 4.74 Å². The zero-order valence-corrected chi connectivity index (χ0v) is 19.7. The molecule has 1 fully saturated rings. The monoisotopic (exact) mass is 500 g/mol. The fourth-order valence-electron chi connectivity index (χ4n) is 4.04. The van der Waals surface area contributed by atoms with Crippen molar-refractivity contribution in [2.24, 2.45) is 0 Å². The van der Waals surface area contributed by atoms with Crippen molar-refractivity contribution >= 4 is 16.1 Å². The SMILES string of the molecule is C[C@@H](c1ccc(OC(F)F)cc1)N1CC[C@@](CCCNS(C)(=O)=O)(c2ccc(F)cc2)OC1=O. The van der Waals surface area contributed by atoms with Gasteiger partial charge in [-0.05, 0) is 55.2 Å². The van der Waals surface area contributed by atoms with E-state index in [0.29, 0.717) is 36.9 Å². The minimum absolute atomic E-state index is 0.0187. The number of rotatable bonds is 10. The Bertz CT molecular complexity index is 1080. The first kappa shape index (κ1) is 25.8. The Hall–Kier alpha value is -2.79. The fourth-order valence-corrected chi connectivity index (χ4v) is 4.55. The summed E-state index contributed by atoms with van der Waals surface area (Å²) in [5.41, 5.74) is 0.308. The van der Waals surface area contributed by atoms with Crippen molar-refractivity contribution in [3.8, 4) is 5.75 Å². The molecule has 186 valence electrons. The smallest absolute Gasteiger partial charge is 0.411 e. The highest BCUT2D eigenvalue weighted by Gasteiger charge is 2.43. The van der Waals surface area contributed by atoms with Crippen molar-refractivity contribution in [2.45, 2.75) is 44.4 Å². The molecule has 1 aliphatic rings. The maximum atomic E-state index is 13.5.